The molecular weight excluding hydrogens is 402 g/mol. The van der Waals surface area contributed by atoms with Crippen molar-refractivity contribution in [2.24, 2.45) is 23.5 Å². The number of quaternary nitrogens is 1. The molecule has 4 N–H and O–H groups in total. The Morgan fingerprint density at radius 3 is 2.00 bits per heavy atom. The first-order chi connectivity index (χ1) is 14.3. The lowest BCUT2D eigenvalue weighted by atomic mass is 9.97. The Labute approximate surface area is 184 Å². The number of carbonyl (C=O) groups is 3. The van der Waals surface area contributed by atoms with E-state index in [1.54, 1.807) is 48.5 Å². The summed E-state index contributed by atoms with van der Waals surface area (Å²) in [5.74, 6) is 5.15. The molecule has 1 aliphatic rings. The zero-order valence-electron chi connectivity index (χ0n) is 19.5. The van der Waals surface area contributed by atoms with Crippen molar-refractivity contribution in [2.75, 3.05) is 6.54 Å². The van der Waals surface area contributed by atoms with Gasteiger partial charge in [0.1, 0.15) is 24.4 Å². The fourth-order valence-electron chi connectivity index (χ4n) is 3.20. The van der Waals surface area contributed by atoms with Gasteiger partial charge in [-0.2, -0.15) is 9.63 Å². The third-order valence-corrected chi connectivity index (χ3v) is 4.38. The average molecular weight is 439 g/mol. The van der Waals surface area contributed by atoms with Crippen LogP contribution in [-0.2, 0) is 30.5 Å². The molecule has 2 amide bonds. The molecule has 3 atom stereocenters. The maximum atomic E-state index is 13.4. The fourth-order valence-corrected chi connectivity index (χ4v) is 3.20. The minimum Gasteiger partial charge on any atom is -0.459 e. The molecule has 0 aromatic heterocycles. The largest absolute Gasteiger partial charge is 0.558 e. The molecule has 0 saturated carbocycles. The molecule has 0 aliphatic carbocycles. The second kappa shape index (κ2) is 10.3. The van der Waals surface area contributed by atoms with Crippen LogP contribution >= 0.6 is 0 Å². The van der Waals surface area contributed by atoms with Crippen LogP contribution in [0, 0.1) is 11.8 Å². The van der Waals surface area contributed by atoms with Crippen molar-refractivity contribution < 1.29 is 33.3 Å². The van der Waals surface area contributed by atoms with Gasteiger partial charge in [0.2, 0.25) is 0 Å². The molecule has 1 fully saturated rings. The van der Waals surface area contributed by atoms with Gasteiger partial charge in [-0.3, -0.25) is 16.5 Å². The lowest BCUT2D eigenvalue weighted by Crippen LogP contribution is -2.56. The molecule has 1 heterocycles. The van der Waals surface area contributed by atoms with E-state index in [0.717, 1.165) is 5.56 Å². The number of carbonyl (C=O) groups excluding carboxylic acids is 3. The van der Waals surface area contributed by atoms with Gasteiger partial charge in [0.05, 0.1) is 0 Å². The number of hydrazine groups is 1. The number of nitrogens with two attached hydrogens (primary N) is 2. The Kier molecular flexibility index (Phi) is 8.89. The maximum Gasteiger partial charge on any atom is 0.558 e. The summed E-state index contributed by atoms with van der Waals surface area (Å²) < 4.78 is 9.93. The van der Waals surface area contributed by atoms with Crippen LogP contribution in [0.3, 0.4) is 0 Å². The highest BCUT2D eigenvalue weighted by molar-refractivity contribution is 5.99. The molecule has 0 radical (unpaired) electrons. The van der Waals surface area contributed by atoms with Crippen LogP contribution in [0.2, 0.25) is 0 Å². The van der Waals surface area contributed by atoms with Gasteiger partial charge in [-0.25, -0.2) is 4.79 Å². The number of amides is 2. The zero-order chi connectivity index (χ0) is 24.0. The number of imide groups is 1. The average Bonchev–Trinajstić information content (AvgIpc) is 2.91. The molecule has 1 saturated heterocycles. The monoisotopic (exact) mass is 438 g/mol. The molecule has 2 rings (SSSR count). The number of esters is 1. The van der Waals surface area contributed by atoms with E-state index >= 15 is 0 Å². The van der Waals surface area contributed by atoms with Crippen molar-refractivity contribution >= 4 is 18.0 Å². The second-order valence-corrected chi connectivity index (χ2v) is 9.49. The van der Waals surface area contributed by atoms with E-state index in [1.807, 2.05) is 30.3 Å². The van der Waals surface area contributed by atoms with Crippen LogP contribution in [0.1, 0.15) is 54.0 Å². The van der Waals surface area contributed by atoms with Gasteiger partial charge >= 0.3 is 18.0 Å². The van der Waals surface area contributed by atoms with Crippen molar-refractivity contribution in [3.05, 3.63) is 35.9 Å². The number of hydrogen-bond acceptors (Lipinski definition) is 8. The molecule has 3 unspecified atom stereocenters. The van der Waals surface area contributed by atoms with Crippen molar-refractivity contribution in [1.29, 1.82) is 0 Å². The standard InChI is InChI=1S/C22H32NO6.H4N2/c1-15-13-23(20(26)29-22(5,6)7,27-14-16-11-9-8-10-12-16)18(24)17(15)19(25)28-21(2,3)4;1-2/h8-12,15,17H,13-14H2,1-7H3;1-2H2/q+1;. The highest BCUT2D eigenvalue weighted by atomic mass is 16.8. The third-order valence-electron chi connectivity index (χ3n) is 4.38. The summed E-state index contributed by atoms with van der Waals surface area (Å²) in [5, 5.41) is 0. The predicted molar refractivity (Wildman–Crippen MR) is 114 cm³/mol. The van der Waals surface area contributed by atoms with E-state index in [9.17, 15) is 14.4 Å². The van der Waals surface area contributed by atoms with Crippen LogP contribution in [-0.4, -0.2) is 40.4 Å². The van der Waals surface area contributed by atoms with Gasteiger partial charge < -0.3 is 9.47 Å². The Balaban J connectivity index is 0.00000233. The molecule has 9 nitrogen and oxygen atoms in total. The van der Waals surface area contributed by atoms with Gasteiger partial charge in [-0.1, -0.05) is 37.3 Å². The van der Waals surface area contributed by atoms with Crippen molar-refractivity contribution in [3.8, 4) is 0 Å². The Hall–Kier alpha value is -2.33. The number of ether oxygens (including phenoxy) is 2. The highest BCUT2D eigenvalue weighted by Crippen LogP contribution is 2.36. The fraction of sp³-hybridized carbons (Fsp3) is 0.591. The molecule has 0 bridgehead atoms. The van der Waals surface area contributed by atoms with Crippen LogP contribution in [0.5, 0.6) is 0 Å². The number of likely N-dealkylation sites (tertiary alicyclic amines) is 1. The minimum absolute atomic E-state index is 0.00445. The quantitative estimate of drug-likeness (QED) is 0.241. The summed E-state index contributed by atoms with van der Waals surface area (Å²) in [6.45, 7) is 12.1. The predicted octanol–water partition coefficient (Wildman–Crippen LogP) is 2.82. The van der Waals surface area contributed by atoms with Gasteiger partial charge in [0.15, 0.2) is 5.92 Å². The lowest BCUT2D eigenvalue weighted by Gasteiger charge is -2.29. The van der Waals surface area contributed by atoms with E-state index in [-0.39, 0.29) is 13.2 Å². The second-order valence-electron chi connectivity index (χ2n) is 9.49. The molecule has 31 heavy (non-hydrogen) atoms. The van der Waals surface area contributed by atoms with Crippen LogP contribution in [0.15, 0.2) is 30.3 Å². The number of hydroxylamine groups is 3. The highest BCUT2D eigenvalue weighted by Gasteiger charge is 2.65. The zero-order valence-corrected chi connectivity index (χ0v) is 19.5. The number of nitrogens with zero attached hydrogens (tertiary/aromatic N) is 1. The van der Waals surface area contributed by atoms with E-state index in [0.29, 0.717) is 0 Å². The van der Waals surface area contributed by atoms with Gasteiger partial charge in [-0.15, -0.1) is 0 Å². The van der Waals surface area contributed by atoms with E-state index < -0.39 is 45.7 Å². The first kappa shape index (κ1) is 26.7. The van der Waals surface area contributed by atoms with E-state index in [1.165, 1.54) is 0 Å². The maximum absolute atomic E-state index is 13.4. The minimum atomic E-state index is -1.10. The van der Waals surface area contributed by atoms with Crippen LogP contribution < -0.4 is 11.7 Å². The smallest absolute Gasteiger partial charge is 0.459 e. The summed E-state index contributed by atoms with van der Waals surface area (Å²) in [6.07, 6.45) is -0.823. The molecule has 1 aromatic rings. The van der Waals surface area contributed by atoms with Gasteiger partial charge in [-0.05, 0) is 51.8 Å². The Morgan fingerprint density at radius 2 is 1.52 bits per heavy atom. The summed E-state index contributed by atoms with van der Waals surface area (Å²) >= 11 is 0. The molecule has 174 valence electrons. The number of hydrogen-bond donors (Lipinski definition) is 2. The molecule has 0 spiro atoms. The topological polar surface area (TPSA) is 131 Å². The molecular formula is C22H36N3O6+. The summed E-state index contributed by atoms with van der Waals surface area (Å²) in [7, 11) is 0. The van der Waals surface area contributed by atoms with Gasteiger partial charge in [0.25, 0.3) is 0 Å². The third kappa shape index (κ3) is 7.10. The summed E-state index contributed by atoms with van der Waals surface area (Å²) in [5.41, 5.74) is -0.757. The Bertz CT molecular complexity index is 770. The molecule has 1 aromatic carbocycles. The summed E-state index contributed by atoms with van der Waals surface area (Å²) in [6, 6.07) is 9.22. The first-order valence-corrected chi connectivity index (χ1v) is 10.2. The lowest BCUT2D eigenvalue weighted by molar-refractivity contribution is -0.983. The number of benzene rings is 1. The molecule has 9 heteroatoms. The van der Waals surface area contributed by atoms with Gasteiger partial charge in [0, 0.05) is 5.92 Å². The summed E-state index contributed by atoms with van der Waals surface area (Å²) in [4.78, 5) is 45.0. The number of rotatable bonds is 4. The van der Waals surface area contributed by atoms with Crippen molar-refractivity contribution in [3.63, 3.8) is 0 Å². The Morgan fingerprint density at radius 1 is 1.00 bits per heavy atom. The molecule has 1 aliphatic heterocycles. The SMILES string of the molecule is CC1C[N+](OCc2ccccc2)(C(=O)OC(C)(C)C)C(=O)C1C(=O)OC(C)(C)C.NN. The van der Waals surface area contributed by atoms with Crippen LogP contribution in [0.4, 0.5) is 4.79 Å². The van der Waals surface area contributed by atoms with Crippen molar-refractivity contribution in [1.82, 2.24) is 0 Å². The van der Waals surface area contributed by atoms with E-state index in [4.69, 9.17) is 14.3 Å². The van der Waals surface area contributed by atoms with Crippen molar-refractivity contribution in [2.45, 2.75) is 66.3 Å². The van der Waals surface area contributed by atoms with E-state index in [2.05, 4.69) is 11.7 Å². The van der Waals surface area contributed by atoms with Crippen LogP contribution in [0.25, 0.3) is 0 Å². The normalized spacial score (nSPS) is 23.6. The first-order valence-electron chi connectivity index (χ1n) is 10.2.